The van der Waals surface area contributed by atoms with Crippen molar-refractivity contribution >= 4 is 39.1 Å². The maximum atomic E-state index is 12.2. The number of carbonyl (C=O) groups excluding carboxylic acids is 1. The third kappa shape index (κ3) is 2.10. The standard InChI is InChI=1S/C13H14BrNO3S/c14-10-4-3-9(19-10)11(16)15-13(12(17)18)6-7-1-2-8(13)5-7/h3-4,7-8H,1-2,5-6H2,(H,15,16)(H,17,18). The smallest absolute Gasteiger partial charge is 0.329 e. The largest absolute Gasteiger partial charge is 0.479 e. The Morgan fingerprint density at radius 3 is 2.68 bits per heavy atom. The van der Waals surface area contributed by atoms with Crippen LogP contribution in [0.15, 0.2) is 15.9 Å². The summed E-state index contributed by atoms with van der Waals surface area (Å²) in [5, 5.41) is 12.4. The maximum absolute atomic E-state index is 12.2. The number of aliphatic carboxylic acids is 1. The second-order valence-electron chi connectivity index (χ2n) is 5.41. The number of carbonyl (C=O) groups is 2. The van der Waals surface area contributed by atoms with E-state index < -0.39 is 11.5 Å². The van der Waals surface area contributed by atoms with Gasteiger partial charge >= 0.3 is 5.97 Å². The number of halogens is 1. The van der Waals surface area contributed by atoms with E-state index in [1.54, 1.807) is 12.1 Å². The highest BCUT2D eigenvalue weighted by atomic mass is 79.9. The SMILES string of the molecule is O=C(NC1(C(=O)O)CC2CCC1C2)c1ccc(Br)s1. The highest BCUT2D eigenvalue weighted by molar-refractivity contribution is 9.11. The molecule has 2 aliphatic carbocycles. The molecule has 0 aliphatic heterocycles. The van der Waals surface area contributed by atoms with Gasteiger partial charge < -0.3 is 10.4 Å². The Labute approximate surface area is 123 Å². The number of rotatable bonds is 3. The van der Waals surface area contributed by atoms with Crippen LogP contribution in [0.25, 0.3) is 0 Å². The molecule has 19 heavy (non-hydrogen) atoms. The first-order chi connectivity index (χ1) is 9.01. The van der Waals surface area contributed by atoms with Crippen molar-refractivity contribution in [1.82, 2.24) is 5.32 Å². The predicted molar refractivity (Wildman–Crippen MR) is 75.3 cm³/mol. The number of hydrogen-bond donors (Lipinski definition) is 2. The van der Waals surface area contributed by atoms with Crippen molar-refractivity contribution in [3.8, 4) is 0 Å². The molecule has 0 saturated heterocycles. The van der Waals surface area contributed by atoms with E-state index in [1.807, 2.05) is 0 Å². The molecular formula is C13H14BrNO3S. The van der Waals surface area contributed by atoms with Crippen molar-refractivity contribution < 1.29 is 14.7 Å². The number of nitrogens with one attached hydrogen (secondary N) is 1. The molecule has 102 valence electrons. The Morgan fingerprint density at radius 1 is 1.42 bits per heavy atom. The Bertz CT molecular complexity index is 544. The van der Waals surface area contributed by atoms with E-state index in [0.717, 1.165) is 23.0 Å². The van der Waals surface area contributed by atoms with Crippen molar-refractivity contribution in [3.05, 3.63) is 20.8 Å². The van der Waals surface area contributed by atoms with Crippen LogP contribution >= 0.6 is 27.3 Å². The second-order valence-corrected chi connectivity index (χ2v) is 7.88. The van der Waals surface area contributed by atoms with E-state index in [4.69, 9.17) is 0 Å². The van der Waals surface area contributed by atoms with Gasteiger partial charge in [0.05, 0.1) is 8.66 Å². The summed E-state index contributed by atoms with van der Waals surface area (Å²) < 4.78 is 0.870. The van der Waals surface area contributed by atoms with Crippen LogP contribution in [0.3, 0.4) is 0 Å². The van der Waals surface area contributed by atoms with E-state index >= 15 is 0 Å². The van der Waals surface area contributed by atoms with Crippen LogP contribution in [0.1, 0.15) is 35.4 Å². The molecule has 2 fully saturated rings. The molecule has 2 saturated carbocycles. The molecule has 4 nitrogen and oxygen atoms in total. The van der Waals surface area contributed by atoms with E-state index in [-0.39, 0.29) is 11.8 Å². The van der Waals surface area contributed by atoms with Crippen molar-refractivity contribution in [1.29, 1.82) is 0 Å². The molecule has 1 aromatic heterocycles. The summed E-state index contributed by atoms with van der Waals surface area (Å²) in [5.74, 6) is -0.617. The molecule has 3 atom stereocenters. The molecule has 1 heterocycles. The molecule has 1 amide bonds. The zero-order valence-electron chi connectivity index (χ0n) is 10.2. The van der Waals surface area contributed by atoms with E-state index in [9.17, 15) is 14.7 Å². The fourth-order valence-corrected chi connectivity index (χ4v) is 4.78. The zero-order chi connectivity index (χ0) is 13.6. The lowest BCUT2D eigenvalue weighted by atomic mass is 9.81. The van der Waals surface area contributed by atoms with Gasteiger partial charge in [0.1, 0.15) is 5.54 Å². The number of hydrogen-bond acceptors (Lipinski definition) is 3. The summed E-state index contributed by atoms with van der Waals surface area (Å²) in [5.41, 5.74) is -1.05. The lowest BCUT2D eigenvalue weighted by molar-refractivity contribution is -0.146. The number of carboxylic acid groups (broad SMARTS) is 1. The van der Waals surface area contributed by atoms with Crippen LogP contribution in [0.5, 0.6) is 0 Å². The minimum absolute atomic E-state index is 0.0855. The van der Waals surface area contributed by atoms with Gasteiger partial charge in [-0.15, -0.1) is 11.3 Å². The Hall–Kier alpha value is -0.880. The molecule has 2 N–H and O–H groups in total. The van der Waals surface area contributed by atoms with Crippen LogP contribution in [-0.2, 0) is 4.79 Å². The third-order valence-electron chi connectivity index (χ3n) is 4.36. The fraction of sp³-hybridized carbons (Fsp3) is 0.538. The molecular weight excluding hydrogens is 330 g/mol. The summed E-state index contributed by atoms with van der Waals surface area (Å²) in [6, 6.07) is 3.51. The molecule has 0 spiro atoms. The summed E-state index contributed by atoms with van der Waals surface area (Å²) in [7, 11) is 0. The normalized spacial score (nSPS) is 32.5. The van der Waals surface area contributed by atoms with E-state index in [0.29, 0.717) is 17.2 Å². The molecule has 2 bridgehead atoms. The minimum Gasteiger partial charge on any atom is -0.479 e. The van der Waals surface area contributed by atoms with Gasteiger partial charge in [-0.2, -0.15) is 0 Å². The number of carboxylic acids is 1. The van der Waals surface area contributed by atoms with Crippen molar-refractivity contribution in [2.45, 2.75) is 31.2 Å². The van der Waals surface area contributed by atoms with E-state index in [2.05, 4.69) is 21.2 Å². The number of amides is 1. The first-order valence-electron chi connectivity index (χ1n) is 6.32. The summed E-state index contributed by atoms with van der Waals surface area (Å²) >= 11 is 4.63. The van der Waals surface area contributed by atoms with Crippen LogP contribution in [0, 0.1) is 11.8 Å². The van der Waals surface area contributed by atoms with Crippen LogP contribution in [-0.4, -0.2) is 22.5 Å². The highest BCUT2D eigenvalue weighted by Crippen LogP contribution is 2.51. The topological polar surface area (TPSA) is 66.4 Å². The van der Waals surface area contributed by atoms with Crippen LogP contribution in [0.2, 0.25) is 0 Å². The first kappa shape index (κ1) is 13.1. The molecule has 1 aromatic rings. The minimum atomic E-state index is -1.05. The van der Waals surface area contributed by atoms with Gasteiger partial charge in [0, 0.05) is 0 Å². The summed E-state index contributed by atoms with van der Waals surface area (Å²) in [6.07, 6.45) is 3.51. The second kappa shape index (κ2) is 4.59. The average molecular weight is 344 g/mol. The molecule has 6 heteroatoms. The van der Waals surface area contributed by atoms with Crippen molar-refractivity contribution in [2.75, 3.05) is 0 Å². The lowest BCUT2D eigenvalue weighted by Crippen LogP contribution is -2.57. The van der Waals surface area contributed by atoms with Gasteiger partial charge in [0.25, 0.3) is 5.91 Å². The fourth-order valence-electron chi connectivity index (χ4n) is 3.50. The molecule has 0 aromatic carbocycles. The Morgan fingerprint density at radius 2 is 2.21 bits per heavy atom. The Kier molecular flexibility index (Phi) is 3.17. The van der Waals surface area contributed by atoms with Gasteiger partial charge in [-0.05, 0) is 65.6 Å². The molecule has 2 aliphatic rings. The van der Waals surface area contributed by atoms with Crippen molar-refractivity contribution in [2.24, 2.45) is 11.8 Å². The van der Waals surface area contributed by atoms with Crippen molar-refractivity contribution in [3.63, 3.8) is 0 Å². The van der Waals surface area contributed by atoms with Crippen LogP contribution < -0.4 is 5.32 Å². The van der Waals surface area contributed by atoms with Gasteiger partial charge in [0.15, 0.2) is 0 Å². The summed E-state index contributed by atoms with van der Waals surface area (Å²) in [6.45, 7) is 0. The monoisotopic (exact) mass is 343 g/mol. The van der Waals surface area contributed by atoms with Gasteiger partial charge in [-0.25, -0.2) is 4.79 Å². The van der Waals surface area contributed by atoms with Gasteiger partial charge in [-0.1, -0.05) is 0 Å². The highest BCUT2D eigenvalue weighted by Gasteiger charge is 2.56. The lowest BCUT2D eigenvalue weighted by Gasteiger charge is -2.34. The van der Waals surface area contributed by atoms with Crippen LogP contribution in [0.4, 0.5) is 0 Å². The predicted octanol–water partition coefficient (Wildman–Crippen LogP) is 2.88. The van der Waals surface area contributed by atoms with E-state index in [1.165, 1.54) is 11.3 Å². The Balaban J connectivity index is 1.83. The molecule has 0 radical (unpaired) electrons. The third-order valence-corrected chi connectivity index (χ3v) is 5.99. The molecule has 3 unspecified atom stereocenters. The van der Waals surface area contributed by atoms with Gasteiger partial charge in [-0.3, -0.25) is 4.79 Å². The summed E-state index contributed by atoms with van der Waals surface area (Å²) in [4.78, 5) is 24.4. The maximum Gasteiger partial charge on any atom is 0.329 e. The average Bonchev–Trinajstić information content (AvgIpc) is 3.03. The first-order valence-corrected chi connectivity index (χ1v) is 7.93. The number of thiophene rings is 1. The zero-order valence-corrected chi connectivity index (χ0v) is 12.6. The van der Waals surface area contributed by atoms with Gasteiger partial charge in [0.2, 0.25) is 0 Å². The quantitative estimate of drug-likeness (QED) is 0.886. The molecule has 3 rings (SSSR count). The number of fused-ring (bicyclic) bond motifs is 2.